The first-order chi connectivity index (χ1) is 15.2. The van der Waals surface area contributed by atoms with Crippen LogP contribution in [-0.2, 0) is 10.0 Å². The molecule has 4 aromatic carbocycles. The summed E-state index contributed by atoms with van der Waals surface area (Å²) >= 11 is 0. The fraction of sp³-hybridized carbons (Fsp3) is 0.115. The highest BCUT2D eigenvalue weighted by Gasteiger charge is 2.20. The average Bonchev–Trinajstić information content (AvgIpc) is 2.76. The van der Waals surface area contributed by atoms with Crippen LogP contribution in [0, 0.1) is 20.8 Å². The van der Waals surface area contributed by atoms with Gasteiger partial charge in [-0.25, -0.2) is 8.42 Å². The van der Waals surface area contributed by atoms with E-state index in [4.69, 9.17) is 0 Å². The maximum absolute atomic E-state index is 13.2. The van der Waals surface area contributed by atoms with Crippen LogP contribution in [-0.4, -0.2) is 14.3 Å². The molecule has 4 rings (SSSR count). The van der Waals surface area contributed by atoms with Gasteiger partial charge in [-0.05, 0) is 67.1 Å². The molecular formula is C26H24N2O3S. The highest BCUT2D eigenvalue weighted by Crippen LogP contribution is 2.26. The Morgan fingerprint density at radius 3 is 2.28 bits per heavy atom. The fourth-order valence-corrected chi connectivity index (χ4v) is 5.00. The molecule has 0 aliphatic heterocycles. The van der Waals surface area contributed by atoms with Crippen LogP contribution in [0.4, 0.5) is 11.4 Å². The number of rotatable bonds is 5. The summed E-state index contributed by atoms with van der Waals surface area (Å²) in [6, 6.07) is 23.7. The summed E-state index contributed by atoms with van der Waals surface area (Å²) in [7, 11) is -3.88. The van der Waals surface area contributed by atoms with E-state index < -0.39 is 10.0 Å². The maximum Gasteiger partial charge on any atom is 0.262 e. The zero-order chi connectivity index (χ0) is 22.9. The third-order valence-electron chi connectivity index (χ3n) is 5.42. The third kappa shape index (κ3) is 4.36. The first-order valence-corrected chi connectivity index (χ1v) is 11.7. The van der Waals surface area contributed by atoms with E-state index in [0.29, 0.717) is 16.9 Å². The van der Waals surface area contributed by atoms with Gasteiger partial charge >= 0.3 is 0 Å². The minimum absolute atomic E-state index is 0.0731. The normalized spacial score (nSPS) is 11.3. The van der Waals surface area contributed by atoms with Gasteiger partial charge in [-0.15, -0.1) is 0 Å². The van der Waals surface area contributed by atoms with E-state index in [1.807, 2.05) is 68.4 Å². The SMILES string of the molecule is Cc1ccc(C)c(NS(=O)(=O)c2cc(C(=O)Nc3cccc4ccccc34)ccc2C)c1. The van der Waals surface area contributed by atoms with Gasteiger partial charge in [0.1, 0.15) is 0 Å². The first kappa shape index (κ1) is 21.6. The van der Waals surface area contributed by atoms with Crippen LogP contribution in [0.25, 0.3) is 10.8 Å². The van der Waals surface area contributed by atoms with Gasteiger partial charge < -0.3 is 5.32 Å². The number of benzene rings is 4. The van der Waals surface area contributed by atoms with Gasteiger partial charge in [-0.3, -0.25) is 9.52 Å². The standard InChI is InChI=1S/C26H24N2O3S/c1-17-11-12-18(2)24(15-17)28-32(30,31)25-16-21(14-13-19(25)3)26(29)27-23-10-6-8-20-7-4-5-9-22(20)23/h4-16,28H,1-3H3,(H,27,29). The molecular weight excluding hydrogens is 420 g/mol. The van der Waals surface area contributed by atoms with E-state index in [1.54, 1.807) is 25.1 Å². The second-order valence-electron chi connectivity index (χ2n) is 7.88. The van der Waals surface area contributed by atoms with Crippen molar-refractivity contribution in [3.8, 4) is 0 Å². The quantitative estimate of drug-likeness (QED) is 0.407. The van der Waals surface area contributed by atoms with Crippen molar-refractivity contribution >= 4 is 38.1 Å². The molecule has 0 spiro atoms. The molecule has 0 aromatic heterocycles. The Morgan fingerprint density at radius 1 is 0.750 bits per heavy atom. The van der Waals surface area contributed by atoms with E-state index in [-0.39, 0.29) is 16.4 Å². The van der Waals surface area contributed by atoms with Gasteiger partial charge in [0.25, 0.3) is 15.9 Å². The highest BCUT2D eigenvalue weighted by atomic mass is 32.2. The summed E-state index contributed by atoms with van der Waals surface area (Å²) in [6.45, 7) is 5.46. The topological polar surface area (TPSA) is 75.3 Å². The zero-order valence-electron chi connectivity index (χ0n) is 18.1. The van der Waals surface area contributed by atoms with Gasteiger partial charge in [-0.1, -0.05) is 54.6 Å². The van der Waals surface area contributed by atoms with Crippen molar-refractivity contribution in [2.24, 2.45) is 0 Å². The molecule has 0 saturated heterocycles. The van der Waals surface area contributed by atoms with E-state index in [0.717, 1.165) is 21.9 Å². The third-order valence-corrected chi connectivity index (χ3v) is 6.92. The predicted molar refractivity (Wildman–Crippen MR) is 130 cm³/mol. The Kier molecular flexibility index (Phi) is 5.72. The maximum atomic E-state index is 13.2. The smallest absolute Gasteiger partial charge is 0.262 e. The van der Waals surface area contributed by atoms with Crippen molar-refractivity contribution in [1.29, 1.82) is 0 Å². The molecule has 0 fully saturated rings. The summed E-state index contributed by atoms with van der Waals surface area (Å²) in [6.07, 6.45) is 0. The Labute approximate surface area is 188 Å². The van der Waals surface area contributed by atoms with Crippen molar-refractivity contribution in [1.82, 2.24) is 0 Å². The number of anilines is 2. The molecule has 0 radical (unpaired) electrons. The van der Waals surface area contributed by atoms with Gasteiger partial charge in [0.05, 0.1) is 10.6 Å². The Bertz CT molecular complexity index is 1440. The number of hydrogen-bond acceptors (Lipinski definition) is 3. The molecule has 4 aromatic rings. The number of carbonyl (C=O) groups is 1. The summed E-state index contributed by atoms with van der Waals surface area (Å²) in [5.41, 5.74) is 3.80. The van der Waals surface area contributed by atoms with Crippen LogP contribution in [0.3, 0.4) is 0 Å². The Balaban J connectivity index is 1.66. The van der Waals surface area contributed by atoms with Gasteiger partial charge in [0.2, 0.25) is 0 Å². The summed E-state index contributed by atoms with van der Waals surface area (Å²) in [4.78, 5) is 13.1. The summed E-state index contributed by atoms with van der Waals surface area (Å²) in [5.74, 6) is -0.371. The number of amides is 1. The molecule has 162 valence electrons. The molecule has 0 heterocycles. The van der Waals surface area contributed by atoms with Crippen molar-refractivity contribution in [3.63, 3.8) is 0 Å². The van der Waals surface area contributed by atoms with Crippen molar-refractivity contribution in [3.05, 3.63) is 101 Å². The van der Waals surface area contributed by atoms with Crippen LogP contribution >= 0.6 is 0 Å². The molecule has 5 nitrogen and oxygen atoms in total. The van der Waals surface area contributed by atoms with Gasteiger partial charge in [-0.2, -0.15) is 0 Å². The van der Waals surface area contributed by atoms with Crippen LogP contribution < -0.4 is 10.0 Å². The van der Waals surface area contributed by atoms with Crippen molar-refractivity contribution in [2.75, 3.05) is 10.0 Å². The highest BCUT2D eigenvalue weighted by molar-refractivity contribution is 7.92. The number of fused-ring (bicyclic) bond motifs is 1. The van der Waals surface area contributed by atoms with E-state index in [2.05, 4.69) is 10.0 Å². The molecule has 0 aliphatic carbocycles. The largest absolute Gasteiger partial charge is 0.321 e. The van der Waals surface area contributed by atoms with Crippen LogP contribution in [0.1, 0.15) is 27.0 Å². The number of aryl methyl sites for hydroxylation is 3. The summed E-state index contributed by atoms with van der Waals surface area (Å²) < 4.78 is 29.0. The van der Waals surface area contributed by atoms with E-state index >= 15 is 0 Å². The van der Waals surface area contributed by atoms with E-state index in [9.17, 15) is 13.2 Å². The minimum atomic E-state index is -3.88. The molecule has 32 heavy (non-hydrogen) atoms. The molecule has 0 bridgehead atoms. The lowest BCUT2D eigenvalue weighted by atomic mass is 10.1. The second kappa shape index (κ2) is 8.48. The number of carbonyl (C=O) groups excluding carboxylic acids is 1. The number of sulfonamides is 1. The minimum Gasteiger partial charge on any atom is -0.321 e. The first-order valence-electron chi connectivity index (χ1n) is 10.2. The fourth-order valence-electron chi connectivity index (χ4n) is 3.61. The lowest BCUT2D eigenvalue weighted by molar-refractivity contribution is 0.102. The summed E-state index contributed by atoms with van der Waals surface area (Å²) in [5, 5.41) is 4.84. The lowest BCUT2D eigenvalue weighted by Crippen LogP contribution is -2.17. The lowest BCUT2D eigenvalue weighted by Gasteiger charge is -2.14. The molecule has 0 saturated carbocycles. The molecule has 2 N–H and O–H groups in total. The Hall–Kier alpha value is -3.64. The van der Waals surface area contributed by atoms with Gasteiger partial charge in [0.15, 0.2) is 0 Å². The van der Waals surface area contributed by atoms with Gasteiger partial charge in [0, 0.05) is 16.6 Å². The molecule has 0 unspecified atom stereocenters. The molecule has 1 amide bonds. The molecule has 0 aliphatic rings. The number of hydrogen-bond donors (Lipinski definition) is 2. The van der Waals surface area contributed by atoms with E-state index in [1.165, 1.54) is 6.07 Å². The molecule has 6 heteroatoms. The predicted octanol–water partition coefficient (Wildman–Crippen LogP) is 5.82. The van der Waals surface area contributed by atoms with Crippen LogP contribution in [0.2, 0.25) is 0 Å². The van der Waals surface area contributed by atoms with Crippen LogP contribution in [0.5, 0.6) is 0 Å². The molecule has 0 atom stereocenters. The van der Waals surface area contributed by atoms with Crippen molar-refractivity contribution < 1.29 is 13.2 Å². The zero-order valence-corrected chi connectivity index (χ0v) is 19.0. The average molecular weight is 445 g/mol. The second-order valence-corrected chi connectivity index (χ2v) is 9.54. The number of nitrogens with one attached hydrogen (secondary N) is 2. The van der Waals surface area contributed by atoms with Crippen molar-refractivity contribution in [2.45, 2.75) is 25.7 Å². The Morgan fingerprint density at radius 2 is 1.47 bits per heavy atom. The monoisotopic (exact) mass is 444 g/mol. The van der Waals surface area contributed by atoms with Crippen LogP contribution in [0.15, 0.2) is 83.8 Å².